The van der Waals surface area contributed by atoms with Crippen LogP contribution in [-0.2, 0) is 4.74 Å². The number of morpholine rings is 1. The summed E-state index contributed by atoms with van der Waals surface area (Å²) in [6, 6.07) is 6.03. The van der Waals surface area contributed by atoms with Gasteiger partial charge in [0.05, 0.1) is 26.9 Å². The first kappa shape index (κ1) is 14.7. The van der Waals surface area contributed by atoms with Crippen molar-refractivity contribution in [3.05, 3.63) is 23.8 Å². The SMILES string of the molecule is COc1ccc(C2CNC3(CCCCC3)CO2)cc1OC. The molecule has 3 rings (SSSR count). The number of hydrogen-bond acceptors (Lipinski definition) is 4. The van der Waals surface area contributed by atoms with Crippen LogP contribution in [0.5, 0.6) is 11.5 Å². The van der Waals surface area contributed by atoms with E-state index in [9.17, 15) is 0 Å². The van der Waals surface area contributed by atoms with Crippen LogP contribution in [0.3, 0.4) is 0 Å². The van der Waals surface area contributed by atoms with Crippen molar-refractivity contribution < 1.29 is 14.2 Å². The molecule has 1 unspecified atom stereocenters. The van der Waals surface area contributed by atoms with E-state index in [0.29, 0.717) is 0 Å². The monoisotopic (exact) mass is 291 g/mol. The van der Waals surface area contributed by atoms with Crippen molar-refractivity contribution in [2.75, 3.05) is 27.4 Å². The van der Waals surface area contributed by atoms with Crippen LogP contribution in [-0.4, -0.2) is 32.9 Å². The smallest absolute Gasteiger partial charge is 0.161 e. The summed E-state index contributed by atoms with van der Waals surface area (Å²) in [7, 11) is 3.32. The molecule has 1 spiro atoms. The zero-order valence-electron chi connectivity index (χ0n) is 13.0. The number of ether oxygens (including phenoxy) is 3. The zero-order chi connectivity index (χ0) is 14.7. The van der Waals surface area contributed by atoms with E-state index < -0.39 is 0 Å². The van der Waals surface area contributed by atoms with Crippen LogP contribution in [0.4, 0.5) is 0 Å². The van der Waals surface area contributed by atoms with Gasteiger partial charge in [-0.3, -0.25) is 0 Å². The minimum atomic E-state index is 0.0948. The fourth-order valence-electron chi connectivity index (χ4n) is 3.50. The second-order valence-electron chi connectivity index (χ2n) is 6.14. The molecule has 1 atom stereocenters. The highest BCUT2D eigenvalue weighted by molar-refractivity contribution is 5.43. The molecular formula is C17H25NO3. The van der Waals surface area contributed by atoms with Crippen molar-refractivity contribution in [1.29, 1.82) is 0 Å². The van der Waals surface area contributed by atoms with Gasteiger partial charge in [-0.05, 0) is 30.5 Å². The molecule has 2 fully saturated rings. The minimum Gasteiger partial charge on any atom is -0.493 e. The molecule has 0 aromatic heterocycles. The summed E-state index contributed by atoms with van der Waals surface area (Å²) in [6.45, 7) is 1.68. The third-order valence-corrected chi connectivity index (χ3v) is 4.81. The van der Waals surface area contributed by atoms with Gasteiger partial charge in [-0.25, -0.2) is 0 Å². The summed E-state index contributed by atoms with van der Waals surface area (Å²) in [5.41, 5.74) is 1.37. The summed E-state index contributed by atoms with van der Waals surface area (Å²) >= 11 is 0. The van der Waals surface area contributed by atoms with Gasteiger partial charge < -0.3 is 19.5 Å². The van der Waals surface area contributed by atoms with Crippen molar-refractivity contribution in [2.24, 2.45) is 0 Å². The highest BCUT2D eigenvalue weighted by Crippen LogP contribution is 2.36. The van der Waals surface area contributed by atoms with Crippen molar-refractivity contribution in [3.63, 3.8) is 0 Å². The molecular weight excluding hydrogens is 266 g/mol. The standard InChI is InChI=1S/C17H25NO3/c1-19-14-7-6-13(10-15(14)20-2)16-11-18-17(12-21-16)8-4-3-5-9-17/h6-7,10,16,18H,3-5,8-9,11-12H2,1-2H3. The third kappa shape index (κ3) is 3.01. The predicted octanol–water partition coefficient (Wildman–Crippen LogP) is 3.07. The second kappa shape index (κ2) is 6.24. The van der Waals surface area contributed by atoms with E-state index >= 15 is 0 Å². The lowest BCUT2D eigenvalue weighted by Gasteiger charge is -2.43. The van der Waals surface area contributed by atoms with Gasteiger partial charge in [0.1, 0.15) is 0 Å². The van der Waals surface area contributed by atoms with Crippen molar-refractivity contribution in [1.82, 2.24) is 5.32 Å². The van der Waals surface area contributed by atoms with Crippen molar-refractivity contribution >= 4 is 0 Å². The van der Waals surface area contributed by atoms with E-state index in [1.807, 2.05) is 12.1 Å². The topological polar surface area (TPSA) is 39.7 Å². The molecule has 4 heteroatoms. The average molecular weight is 291 g/mol. The molecule has 1 aromatic rings. The maximum Gasteiger partial charge on any atom is 0.161 e. The molecule has 1 saturated carbocycles. The van der Waals surface area contributed by atoms with Crippen LogP contribution in [0.15, 0.2) is 18.2 Å². The first-order chi connectivity index (χ1) is 10.3. The predicted molar refractivity (Wildman–Crippen MR) is 82.1 cm³/mol. The van der Waals surface area contributed by atoms with Crippen molar-refractivity contribution in [2.45, 2.75) is 43.7 Å². The Hall–Kier alpha value is -1.26. The van der Waals surface area contributed by atoms with Gasteiger partial charge in [-0.15, -0.1) is 0 Å². The molecule has 4 nitrogen and oxygen atoms in total. The summed E-state index contributed by atoms with van der Waals surface area (Å²) in [5, 5.41) is 3.75. The lowest BCUT2D eigenvalue weighted by atomic mass is 9.81. The first-order valence-corrected chi connectivity index (χ1v) is 7.85. The van der Waals surface area contributed by atoms with Crippen LogP contribution < -0.4 is 14.8 Å². The Morgan fingerprint density at radius 3 is 2.48 bits per heavy atom. The number of benzene rings is 1. The van der Waals surface area contributed by atoms with E-state index in [1.165, 1.54) is 32.1 Å². The maximum absolute atomic E-state index is 6.17. The fraction of sp³-hybridized carbons (Fsp3) is 0.647. The molecule has 0 amide bonds. The number of nitrogens with one attached hydrogen (secondary N) is 1. The lowest BCUT2D eigenvalue weighted by Crippen LogP contribution is -2.55. The number of hydrogen-bond donors (Lipinski definition) is 1. The minimum absolute atomic E-state index is 0.0948. The fourth-order valence-corrected chi connectivity index (χ4v) is 3.50. The molecule has 1 aliphatic heterocycles. The van der Waals surface area contributed by atoms with Gasteiger partial charge in [-0.2, -0.15) is 0 Å². The van der Waals surface area contributed by atoms with Gasteiger partial charge in [0, 0.05) is 12.1 Å². The van der Waals surface area contributed by atoms with Crippen LogP contribution in [0.1, 0.15) is 43.8 Å². The molecule has 2 aliphatic rings. The Balaban J connectivity index is 1.69. The Kier molecular flexibility index (Phi) is 4.36. The van der Waals surface area contributed by atoms with E-state index in [2.05, 4.69) is 11.4 Å². The summed E-state index contributed by atoms with van der Waals surface area (Å²) < 4.78 is 16.8. The van der Waals surface area contributed by atoms with Gasteiger partial charge in [0.25, 0.3) is 0 Å². The van der Waals surface area contributed by atoms with Gasteiger partial charge >= 0.3 is 0 Å². The third-order valence-electron chi connectivity index (χ3n) is 4.81. The zero-order valence-corrected chi connectivity index (χ0v) is 13.0. The molecule has 0 radical (unpaired) electrons. The Morgan fingerprint density at radius 1 is 1.10 bits per heavy atom. The molecule has 116 valence electrons. The first-order valence-electron chi connectivity index (χ1n) is 7.85. The molecule has 1 aromatic carbocycles. The molecule has 1 saturated heterocycles. The normalized spacial score (nSPS) is 24.8. The molecule has 0 bridgehead atoms. The van der Waals surface area contributed by atoms with Gasteiger partial charge in [0.15, 0.2) is 11.5 Å². The molecule has 21 heavy (non-hydrogen) atoms. The number of rotatable bonds is 3. The molecule has 1 aliphatic carbocycles. The van der Waals surface area contributed by atoms with E-state index in [4.69, 9.17) is 14.2 Å². The highest BCUT2D eigenvalue weighted by Gasteiger charge is 2.37. The van der Waals surface area contributed by atoms with E-state index in [-0.39, 0.29) is 11.6 Å². The Labute approximate surface area is 126 Å². The summed E-state index contributed by atoms with van der Waals surface area (Å²) in [4.78, 5) is 0. The van der Waals surface area contributed by atoms with E-state index in [0.717, 1.165) is 30.2 Å². The van der Waals surface area contributed by atoms with Crippen LogP contribution >= 0.6 is 0 Å². The second-order valence-corrected chi connectivity index (χ2v) is 6.14. The van der Waals surface area contributed by atoms with Crippen molar-refractivity contribution in [3.8, 4) is 11.5 Å². The largest absolute Gasteiger partial charge is 0.493 e. The summed E-state index contributed by atoms with van der Waals surface area (Å²) in [5.74, 6) is 1.52. The quantitative estimate of drug-likeness (QED) is 0.929. The molecule has 1 N–H and O–H groups in total. The van der Waals surface area contributed by atoms with Gasteiger partial charge in [0.2, 0.25) is 0 Å². The van der Waals surface area contributed by atoms with Crippen LogP contribution in [0.25, 0.3) is 0 Å². The maximum atomic E-state index is 6.17. The van der Waals surface area contributed by atoms with Crippen LogP contribution in [0.2, 0.25) is 0 Å². The Morgan fingerprint density at radius 2 is 1.86 bits per heavy atom. The number of methoxy groups -OCH3 is 2. The average Bonchev–Trinajstić information content (AvgIpc) is 2.56. The molecule has 1 heterocycles. The van der Waals surface area contributed by atoms with Gasteiger partial charge in [-0.1, -0.05) is 25.3 Å². The Bertz CT molecular complexity index is 473. The lowest BCUT2D eigenvalue weighted by molar-refractivity contribution is -0.0467. The highest BCUT2D eigenvalue weighted by atomic mass is 16.5. The van der Waals surface area contributed by atoms with Crippen LogP contribution in [0, 0.1) is 0 Å². The summed E-state index contributed by atoms with van der Waals surface area (Å²) in [6.07, 6.45) is 6.58. The van der Waals surface area contributed by atoms with E-state index in [1.54, 1.807) is 14.2 Å².